The molecule has 42 heavy (non-hydrogen) atoms. The predicted molar refractivity (Wildman–Crippen MR) is 169 cm³/mol. The third-order valence-electron chi connectivity index (χ3n) is 7.92. The first kappa shape index (κ1) is 32.8. The molecule has 0 aliphatic heterocycles. The van der Waals surface area contributed by atoms with Crippen LogP contribution < -0.4 is 15.4 Å². The molecular weight excluding hydrogens is 552 g/mol. The number of hydrogen-bond acceptors (Lipinski definition) is 5. The van der Waals surface area contributed by atoms with Crippen molar-refractivity contribution in [1.29, 1.82) is 0 Å². The van der Waals surface area contributed by atoms with Crippen molar-refractivity contribution in [2.75, 3.05) is 24.4 Å². The van der Waals surface area contributed by atoms with Gasteiger partial charge in [-0.1, -0.05) is 95.6 Å². The number of anilines is 2. The van der Waals surface area contributed by atoms with E-state index in [1.807, 2.05) is 6.07 Å². The van der Waals surface area contributed by atoms with E-state index in [4.69, 9.17) is 21.1 Å². The van der Waals surface area contributed by atoms with Crippen LogP contribution in [0, 0.1) is 0 Å². The lowest BCUT2D eigenvalue weighted by atomic mass is 9.76. The third kappa shape index (κ3) is 7.58. The van der Waals surface area contributed by atoms with Crippen molar-refractivity contribution in [1.82, 2.24) is 0 Å². The molecule has 0 aliphatic rings. The Kier molecular flexibility index (Phi) is 10.6. The molecule has 2 amide bonds. The molecule has 1 atom stereocenters. The monoisotopic (exact) mass is 592 g/mol. The van der Waals surface area contributed by atoms with Crippen molar-refractivity contribution < 1.29 is 23.9 Å². The largest absolute Gasteiger partial charge is 0.483 e. The maximum Gasteiger partial charge on any atom is 0.285 e. The summed E-state index contributed by atoms with van der Waals surface area (Å²) in [6, 6.07) is 21.0. The number of carbonyl (C=O) groups excluding carboxylic acids is 3. The number of ether oxygens (including phenoxy) is 2. The van der Waals surface area contributed by atoms with Crippen molar-refractivity contribution in [3.63, 3.8) is 0 Å². The van der Waals surface area contributed by atoms with Crippen molar-refractivity contribution in [2.45, 2.75) is 70.3 Å². The number of benzene rings is 3. The number of carbonyl (C=O) groups is 3. The molecular formula is C34H41ClN2O5. The van der Waals surface area contributed by atoms with Gasteiger partial charge in [0.1, 0.15) is 5.75 Å². The topological polar surface area (TPSA) is 93.7 Å². The van der Waals surface area contributed by atoms with Gasteiger partial charge in [0.2, 0.25) is 5.78 Å². The normalized spacial score (nSPS) is 13.1. The van der Waals surface area contributed by atoms with E-state index in [0.717, 1.165) is 18.4 Å². The second kappa shape index (κ2) is 13.5. The fourth-order valence-corrected chi connectivity index (χ4v) is 4.44. The van der Waals surface area contributed by atoms with Gasteiger partial charge in [-0.05, 0) is 59.6 Å². The number of alkyl halides is 1. The van der Waals surface area contributed by atoms with E-state index in [-0.39, 0.29) is 23.0 Å². The average molecular weight is 593 g/mol. The van der Waals surface area contributed by atoms with Crippen LogP contribution in [-0.2, 0) is 25.2 Å². The second-order valence-corrected chi connectivity index (χ2v) is 12.1. The van der Waals surface area contributed by atoms with Crippen LogP contribution in [0.1, 0.15) is 75.9 Å². The van der Waals surface area contributed by atoms with Crippen LogP contribution in [0.25, 0.3) is 0 Å². The predicted octanol–water partition coefficient (Wildman–Crippen LogP) is 7.48. The lowest BCUT2D eigenvalue weighted by Gasteiger charge is -2.30. The van der Waals surface area contributed by atoms with Gasteiger partial charge in [-0.2, -0.15) is 0 Å². The van der Waals surface area contributed by atoms with Crippen LogP contribution in [0.5, 0.6) is 5.75 Å². The summed E-state index contributed by atoms with van der Waals surface area (Å²) in [5, 5.41) is 3.05. The zero-order chi connectivity index (χ0) is 31.1. The Balaban J connectivity index is 1.74. The Hall–Kier alpha value is -3.68. The summed E-state index contributed by atoms with van der Waals surface area (Å²) >= 11 is 6.41. The Morgan fingerprint density at radius 1 is 0.786 bits per heavy atom. The first-order valence-corrected chi connectivity index (χ1v) is 14.5. The highest BCUT2D eigenvalue weighted by atomic mass is 35.5. The smallest absolute Gasteiger partial charge is 0.285 e. The molecule has 0 fully saturated rings. The molecule has 2 N–H and O–H groups in total. The molecule has 0 spiro atoms. The summed E-state index contributed by atoms with van der Waals surface area (Å²) in [7, 11) is 1.18. The highest BCUT2D eigenvalue weighted by Crippen LogP contribution is 2.38. The lowest BCUT2D eigenvalue weighted by Crippen LogP contribution is -2.46. The molecule has 7 nitrogen and oxygen atoms in total. The van der Waals surface area contributed by atoms with Gasteiger partial charge in [0.05, 0.1) is 0 Å². The van der Waals surface area contributed by atoms with Gasteiger partial charge in [-0.25, -0.2) is 0 Å². The summed E-state index contributed by atoms with van der Waals surface area (Å²) in [4.78, 5) is 39.1. The van der Waals surface area contributed by atoms with Gasteiger partial charge < -0.3 is 20.1 Å². The molecule has 0 saturated heterocycles. The van der Waals surface area contributed by atoms with Gasteiger partial charge in [0.25, 0.3) is 16.9 Å². The van der Waals surface area contributed by atoms with E-state index >= 15 is 0 Å². The molecule has 1 unspecified atom stereocenters. The summed E-state index contributed by atoms with van der Waals surface area (Å²) < 4.78 is 11.2. The van der Waals surface area contributed by atoms with E-state index < -0.39 is 22.7 Å². The number of ketones is 1. The number of halogens is 1. The van der Waals surface area contributed by atoms with Gasteiger partial charge in [-0.3, -0.25) is 14.4 Å². The summed E-state index contributed by atoms with van der Waals surface area (Å²) in [5.41, 5.74) is 3.05. The van der Waals surface area contributed by atoms with Crippen molar-refractivity contribution in [3.8, 4) is 5.75 Å². The van der Waals surface area contributed by atoms with E-state index in [2.05, 4.69) is 64.3 Å². The molecule has 0 heterocycles. The van der Waals surface area contributed by atoms with Crippen molar-refractivity contribution >= 4 is 40.6 Å². The standard InChI is InChI=1S/C34H41ClN2O5/c1-8-32(3,4)24-18-19-28(27(21-24)33(5,6)9-2)42-22-29(38)36-26-17-13-14-23(20-26)30(39)34(35,41-7)31(40)37-25-15-11-10-12-16-25/h10-21H,8-9,22H2,1-7H3,(H,36,38)(H,37,40). The highest BCUT2D eigenvalue weighted by molar-refractivity contribution is 6.48. The van der Waals surface area contributed by atoms with Crippen molar-refractivity contribution in [2.24, 2.45) is 0 Å². The molecule has 3 rings (SSSR count). The number of methoxy groups -OCH3 is 1. The minimum Gasteiger partial charge on any atom is -0.483 e. The number of para-hydroxylation sites is 1. The number of rotatable bonds is 13. The van der Waals surface area contributed by atoms with E-state index in [9.17, 15) is 14.4 Å². The van der Waals surface area contributed by atoms with Gasteiger partial charge in [0.15, 0.2) is 6.61 Å². The first-order valence-electron chi connectivity index (χ1n) is 14.1. The summed E-state index contributed by atoms with van der Waals surface area (Å²) in [6.45, 7) is 12.8. The number of Topliss-reactive ketones (excluding diaryl/α,β-unsaturated/α-hetero) is 1. The molecule has 0 saturated carbocycles. The van der Waals surface area contributed by atoms with Gasteiger partial charge in [-0.15, -0.1) is 0 Å². The SMILES string of the molecule is CCC(C)(C)c1ccc(OCC(=O)Nc2cccc(C(=O)C(Cl)(OC)C(=O)Nc3ccccc3)c2)c(C(C)(C)CC)c1. The van der Waals surface area contributed by atoms with Crippen LogP contribution >= 0.6 is 11.6 Å². The number of hydrogen-bond donors (Lipinski definition) is 2. The lowest BCUT2D eigenvalue weighted by molar-refractivity contribution is -0.126. The summed E-state index contributed by atoms with van der Waals surface area (Å²) in [6.07, 6.45) is 1.90. The summed E-state index contributed by atoms with van der Waals surface area (Å²) in [5.74, 6) is -1.34. The quantitative estimate of drug-likeness (QED) is 0.122. The highest BCUT2D eigenvalue weighted by Gasteiger charge is 2.45. The Morgan fingerprint density at radius 2 is 1.43 bits per heavy atom. The van der Waals surface area contributed by atoms with Crippen molar-refractivity contribution in [3.05, 3.63) is 89.5 Å². The fourth-order valence-electron chi connectivity index (χ4n) is 4.29. The van der Waals surface area contributed by atoms with Crippen LogP contribution in [0.2, 0.25) is 0 Å². The van der Waals surface area contributed by atoms with E-state index in [1.54, 1.807) is 42.5 Å². The first-order chi connectivity index (χ1) is 19.8. The minimum atomic E-state index is -2.30. The van der Waals surface area contributed by atoms with E-state index in [1.165, 1.54) is 24.8 Å². The molecule has 0 aliphatic carbocycles. The van der Waals surface area contributed by atoms with E-state index in [0.29, 0.717) is 17.1 Å². The molecule has 8 heteroatoms. The van der Waals surface area contributed by atoms with Crippen LogP contribution in [0.3, 0.4) is 0 Å². The van der Waals surface area contributed by atoms with Crippen LogP contribution in [0.4, 0.5) is 11.4 Å². The zero-order valence-corrected chi connectivity index (χ0v) is 26.2. The Labute approximate surface area is 253 Å². The average Bonchev–Trinajstić information content (AvgIpc) is 2.99. The zero-order valence-electron chi connectivity index (χ0n) is 25.5. The molecule has 0 bridgehead atoms. The third-order valence-corrected chi connectivity index (χ3v) is 8.42. The van der Waals surface area contributed by atoms with Crippen LogP contribution in [-0.4, -0.2) is 36.4 Å². The molecule has 3 aromatic rings. The fraction of sp³-hybridized carbons (Fsp3) is 0.382. The molecule has 0 aromatic heterocycles. The number of amides is 2. The molecule has 224 valence electrons. The maximum atomic E-state index is 13.3. The second-order valence-electron chi connectivity index (χ2n) is 11.6. The minimum absolute atomic E-state index is 0.0165. The molecule has 0 radical (unpaired) electrons. The Bertz CT molecular complexity index is 1420. The Morgan fingerprint density at radius 3 is 2.05 bits per heavy atom. The van der Waals surface area contributed by atoms with Gasteiger partial charge >= 0.3 is 0 Å². The number of nitrogens with one attached hydrogen (secondary N) is 2. The maximum absolute atomic E-state index is 13.3. The molecule has 3 aromatic carbocycles. The van der Waals surface area contributed by atoms with Crippen LogP contribution in [0.15, 0.2) is 72.8 Å². The van der Waals surface area contributed by atoms with Gasteiger partial charge in [0, 0.05) is 29.6 Å².